The Bertz CT molecular complexity index is 1650. The molecule has 1 aliphatic rings. The summed E-state index contributed by atoms with van der Waals surface area (Å²) in [5, 5.41) is 9.52. The standard InChI is InChI=1S/C28H27N3O7S/c1-4-5-10-21-29-23-24(26(33)22(16(2)25(23)32)27(34)30-39(3,37)38)31(21)15-17-11-13-18(14-12-17)19-8-6-7-9-20(19)28(35)36/h6-9,11-14H,4-5,10,15H2,1-3H3,(H,30,34)(H,35,36). The minimum atomic E-state index is -3.97. The van der Waals surface area contributed by atoms with E-state index in [9.17, 15) is 32.7 Å². The largest absolute Gasteiger partial charge is 0.478 e. The number of sulfonamides is 1. The summed E-state index contributed by atoms with van der Waals surface area (Å²) in [4.78, 5) is 55.5. The second-order valence-corrected chi connectivity index (χ2v) is 11.1. The van der Waals surface area contributed by atoms with Crippen LogP contribution in [-0.2, 0) is 27.8 Å². The topological polar surface area (TPSA) is 152 Å². The molecule has 1 aromatic heterocycles. The van der Waals surface area contributed by atoms with Crippen molar-refractivity contribution in [1.29, 1.82) is 0 Å². The van der Waals surface area contributed by atoms with Gasteiger partial charge in [0.25, 0.3) is 5.91 Å². The van der Waals surface area contributed by atoms with Gasteiger partial charge in [0.1, 0.15) is 17.2 Å². The van der Waals surface area contributed by atoms with E-state index in [1.165, 1.54) is 13.0 Å². The highest BCUT2D eigenvalue weighted by Gasteiger charge is 2.39. The van der Waals surface area contributed by atoms with E-state index in [-0.39, 0.29) is 29.1 Å². The van der Waals surface area contributed by atoms with Crippen molar-refractivity contribution >= 4 is 33.5 Å². The zero-order chi connectivity index (χ0) is 28.5. The van der Waals surface area contributed by atoms with Gasteiger partial charge in [-0.2, -0.15) is 0 Å². The van der Waals surface area contributed by atoms with Gasteiger partial charge in [-0.15, -0.1) is 0 Å². The molecule has 0 unspecified atom stereocenters. The second-order valence-electron chi connectivity index (χ2n) is 9.32. The summed E-state index contributed by atoms with van der Waals surface area (Å²) in [7, 11) is -3.97. The van der Waals surface area contributed by atoms with Gasteiger partial charge in [-0.1, -0.05) is 55.8 Å². The Morgan fingerprint density at radius 2 is 1.69 bits per heavy atom. The second kappa shape index (κ2) is 10.8. The molecule has 0 atom stereocenters. The number of carboxylic acid groups (broad SMARTS) is 1. The molecule has 0 radical (unpaired) electrons. The predicted octanol–water partition coefficient (Wildman–Crippen LogP) is 3.41. The van der Waals surface area contributed by atoms with Crippen molar-refractivity contribution in [3.63, 3.8) is 0 Å². The van der Waals surface area contributed by atoms with Crippen LogP contribution in [0.2, 0.25) is 0 Å². The summed E-state index contributed by atoms with van der Waals surface area (Å²) in [5.74, 6) is -3.09. The molecule has 1 heterocycles. The molecule has 1 amide bonds. The SMILES string of the molecule is CCCCc1nc2c(n1Cc1ccc(-c3ccccc3C(=O)O)cc1)C(=O)C(C(=O)NS(C)(=O)=O)=C(C)C2=O. The van der Waals surface area contributed by atoms with Gasteiger partial charge in [-0.05, 0) is 36.1 Å². The van der Waals surface area contributed by atoms with Crippen LogP contribution >= 0.6 is 0 Å². The lowest BCUT2D eigenvalue weighted by Crippen LogP contribution is -2.37. The van der Waals surface area contributed by atoms with Crippen molar-refractivity contribution in [3.8, 4) is 11.1 Å². The van der Waals surface area contributed by atoms with Crippen LogP contribution in [0.5, 0.6) is 0 Å². The summed E-state index contributed by atoms with van der Waals surface area (Å²) >= 11 is 0. The van der Waals surface area contributed by atoms with Crippen molar-refractivity contribution in [2.24, 2.45) is 0 Å². The van der Waals surface area contributed by atoms with Crippen LogP contribution in [0.3, 0.4) is 0 Å². The third-order valence-corrected chi connectivity index (χ3v) is 7.00. The first-order chi connectivity index (χ1) is 18.4. The lowest BCUT2D eigenvalue weighted by molar-refractivity contribution is -0.115. The number of carboxylic acids is 1. The van der Waals surface area contributed by atoms with Crippen LogP contribution in [0.1, 0.15) is 69.4 Å². The molecule has 202 valence electrons. The molecular weight excluding hydrogens is 522 g/mol. The lowest BCUT2D eigenvalue weighted by Gasteiger charge is -2.18. The number of nitrogens with one attached hydrogen (secondary N) is 1. The number of rotatable bonds is 9. The Morgan fingerprint density at radius 3 is 2.31 bits per heavy atom. The Labute approximate surface area is 225 Å². The summed E-state index contributed by atoms with van der Waals surface area (Å²) in [6.45, 7) is 3.45. The molecule has 2 N–H and O–H groups in total. The van der Waals surface area contributed by atoms with E-state index in [4.69, 9.17) is 0 Å². The maximum absolute atomic E-state index is 13.6. The van der Waals surface area contributed by atoms with Crippen LogP contribution in [0, 0.1) is 0 Å². The minimum absolute atomic E-state index is 0.0596. The molecule has 2 aromatic carbocycles. The summed E-state index contributed by atoms with van der Waals surface area (Å²) in [6, 6.07) is 13.8. The van der Waals surface area contributed by atoms with Crippen molar-refractivity contribution < 1.29 is 32.7 Å². The molecule has 0 fully saturated rings. The number of aryl methyl sites for hydroxylation is 1. The maximum Gasteiger partial charge on any atom is 0.336 e. The minimum Gasteiger partial charge on any atom is -0.478 e. The number of aromatic carboxylic acids is 1. The van der Waals surface area contributed by atoms with Crippen molar-refractivity contribution in [3.05, 3.63) is 88.0 Å². The number of carbonyl (C=O) groups is 4. The number of imidazole rings is 1. The molecular formula is C28H27N3O7S. The molecule has 11 heteroatoms. The smallest absolute Gasteiger partial charge is 0.336 e. The fourth-order valence-electron chi connectivity index (χ4n) is 4.55. The Morgan fingerprint density at radius 1 is 1.03 bits per heavy atom. The first-order valence-electron chi connectivity index (χ1n) is 12.3. The molecule has 0 aliphatic heterocycles. The maximum atomic E-state index is 13.6. The van der Waals surface area contributed by atoms with E-state index in [1.54, 1.807) is 51.8 Å². The number of unbranched alkanes of at least 4 members (excludes halogenated alkanes) is 1. The van der Waals surface area contributed by atoms with E-state index < -0.39 is 39.0 Å². The Hall–Kier alpha value is -4.38. The van der Waals surface area contributed by atoms with Gasteiger partial charge >= 0.3 is 5.97 Å². The molecule has 4 rings (SSSR count). The van der Waals surface area contributed by atoms with Crippen LogP contribution in [0.4, 0.5) is 0 Å². The number of benzene rings is 2. The number of fused-ring (bicyclic) bond motifs is 1. The number of carbonyl (C=O) groups excluding carboxylic acids is 3. The predicted molar refractivity (Wildman–Crippen MR) is 143 cm³/mol. The number of Topliss-reactive ketones (excluding diaryl/α,β-unsaturated/α-hetero) is 2. The zero-order valence-electron chi connectivity index (χ0n) is 21.6. The number of aromatic nitrogens is 2. The number of hydrogen-bond acceptors (Lipinski definition) is 7. The third-order valence-electron chi connectivity index (χ3n) is 6.44. The Balaban J connectivity index is 1.75. The molecule has 0 bridgehead atoms. The fraction of sp³-hybridized carbons (Fsp3) is 0.250. The van der Waals surface area contributed by atoms with E-state index in [0.717, 1.165) is 24.7 Å². The first kappa shape index (κ1) is 27.6. The quantitative estimate of drug-likeness (QED) is 0.385. The molecule has 39 heavy (non-hydrogen) atoms. The van der Waals surface area contributed by atoms with E-state index >= 15 is 0 Å². The van der Waals surface area contributed by atoms with Gasteiger partial charge in [-0.3, -0.25) is 14.4 Å². The van der Waals surface area contributed by atoms with E-state index in [2.05, 4.69) is 4.98 Å². The van der Waals surface area contributed by atoms with Gasteiger partial charge in [0, 0.05) is 18.5 Å². The third kappa shape index (κ3) is 5.58. The fourth-order valence-corrected chi connectivity index (χ4v) is 4.99. The van der Waals surface area contributed by atoms with Gasteiger partial charge in [0.05, 0.1) is 17.4 Å². The highest BCUT2D eigenvalue weighted by Crippen LogP contribution is 2.30. The molecule has 0 saturated heterocycles. The van der Waals surface area contributed by atoms with Crippen molar-refractivity contribution in [2.45, 2.75) is 39.7 Å². The van der Waals surface area contributed by atoms with E-state index in [1.807, 2.05) is 6.92 Å². The van der Waals surface area contributed by atoms with Crippen LogP contribution in [0.25, 0.3) is 11.1 Å². The molecule has 0 spiro atoms. The monoisotopic (exact) mass is 549 g/mol. The number of nitrogens with zero attached hydrogens (tertiary/aromatic N) is 2. The summed E-state index contributed by atoms with van der Waals surface area (Å²) < 4.78 is 26.7. The summed E-state index contributed by atoms with van der Waals surface area (Å²) in [6.07, 6.45) is 2.86. The van der Waals surface area contributed by atoms with Crippen LogP contribution in [-0.4, -0.2) is 52.8 Å². The highest BCUT2D eigenvalue weighted by atomic mass is 32.2. The number of hydrogen-bond donors (Lipinski definition) is 2. The average Bonchev–Trinajstić information content (AvgIpc) is 3.24. The summed E-state index contributed by atoms with van der Waals surface area (Å²) in [5.41, 5.74) is 1.36. The van der Waals surface area contributed by atoms with Gasteiger partial charge < -0.3 is 9.67 Å². The van der Waals surface area contributed by atoms with Crippen molar-refractivity contribution in [1.82, 2.24) is 14.3 Å². The van der Waals surface area contributed by atoms with E-state index in [0.29, 0.717) is 23.4 Å². The van der Waals surface area contributed by atoms with Gasteiger partial charge in [-0.25, -0.2) is 22.9 Å². The molecule has 1 aliphatic carbocycles. The van der Waals surface area contributed by atoms with Gasteiger partial charge in [0.2, 0.25) is 21.6 Å². The first-order valence-corrected chi connectivity index (χ1v) is 14.2. The van der Waals surface area contributed by atoms with Crippen LogP contribution < -0.4 is 4.72 Å². The highest BCUT2D eigenvalue weighted by molar-refractivity contribution is 7.89. The van der Waals surface area contributed by atoms with Crippen LogP contribution in [0.15, 0.2) is 59.7 Å². The lowest BCUT2D eigenvalue weighted by atomic mass is 9.90. The average molecular weight is 550 g/mol. The molecule has 3 aromatic rings. The zero-order valence-corrected chi connectivity index (χ0v) is 22.5. The van der Waals surface area contributed by atoms with Gasteiger partial charge in [0.15, 0.2) is 0 Å². The number of ketones is 2. The van der Waals surface area contributed by atoms with Crippen molar-refractivity contribution in [2.75, 3.05) is 6.26 Å². The number of allylic oxidation sites excluding steroid dienone is 1. The Kier molecular flexibility index (Phi) is 7.64. The molecule has 10 nitrogen and oxygen atoms in total. The normalized spacial score (nSPS) is 13.4. The molecule has 0 saturated carbocycles. The number of amides is 1.